The van der Waals surface area contributed by atoms with Gasteiger partial charge in [0.25, 0.3) is 0 Å². The lowest BCUT2D eigenvalue weighted by atomic mass is 10.0. The van der Waals surface area contributed by atoms with Crippen LogP contribution < -0.4 is 5.32 Å². The van der Waals surface area contributed by atoms with Crippen LogP contribution in [0, 0.1) is 12.8 Å². The van der Waals surface area contributed by atoms with Gasteiger partial charge >= 0.3 is 0 Å². The van der Waals surface area contributed by atoms with E-state index < -0.39 is 9.84 Å². The Balaban J connectivity index is 1.95. The van der Waals surface area contributed by atoms with Crippen molar-refractivity contribution in [1.29, 1.82) is 0 Å². The van der Waals surface area contributed by atoms with Crippen LogP contribution in [0.2, 0.25) is 5.02 Å². The average molecular weight is 316 g/mol. The van der Waals surface area contributed by atoms with Crippen LogP contribution in [-0.2, 0) is 14.6 Å². The Labute approximate surface area is 124 Å². The number of benzene rings is 1. The molecule has 1 heterocycles. The Bertz CT molecular complexity index is 613. The van der Waals surface area contributed by atoms with Crippen LogP contribution in [0.15, 0.2) is 18.2 Å². The SMILES string of the molecule is Cc1cc(Cl)ccc1NC(=O)CC1CCCS(=O)(=O)C1. The van der Waals surface area contributed by atoms with Crippen LogP contribution in [0.3, 0.4) is 0 Å². The minimum Gasteiger partial charge on any atom is -0.326 e. The summed E-state index contributed by atoms with van der Waals surface area (Å²) in [5.74, 6) is 0.167. The van der Waals surface area contributed by atoms with Crippen molar-refractivity contribution in [3.8, 4) is 0 Å². The summed E-state index contributed by atoms with van der Waals surface area (Å²) in [4.78, 5) is 12.0. The minimum absolute atomic E-state index is 0.0682. The molecule has 4 nitrogen and oxygen atoms in total. The fraction of sp³-hybridized carbons (Fsp3) is 0.500. The first kappa shape index (κ1) is 15.3. The second-order valence-electron chi connectivity index (χ2n) is 5.33. The van der Waals surface area contributed by atoms with Gasteiger partial charge in [0, 0.05) is 17.1 Å². The van der Waals surface area contributed by atoms with Gasteiger partial charge in [-0.1, -0.05) is 11.6 Å². The van der Waals surface area contributed by atoms with Gasteiger partial charge < -0.3 is 5.32 Å². The van der Waals surface area contributed by atoms with Gasteiger partial charge in [-0.25, -0.2) is 8.42 Å². The summed E-state index contributed by atoms with van der Waals surface area (Å²) < 4.78 is 23.1. The summed E-state index contributed by atoms with van der Waals surface area (Å²) in [6.45, 7) is 1.87. The molecule has 0 radical (unpaired) electrons. The third kappa shape index (κ3) is 4.21. The number of carbonyl (C=O) groups is 1. The van der Waals surface area contributed by atoms with Crippen LogP contribution in [0.25, 0.3) is 0 Å². The van der Waals surface area contributed by atoms with E-state index in [4.69, 9.17) is 11.6 Å². The molecule has 1 N–H and O–H groups in total. The van der Waals surface area contributed by atoms with Gasteiger partial charge in [-0.05, 0) is 49.4 Å². The van der Waals surface area contributed by atoms with E-state index in [0.717, 1.165) is 17.7 Å². The summed E-state index contributed by atoms with van der Waals surface area (Å²) in [5.41, 5.74) is 1.61. The maximum Gasteiger partial charge on any atom is 0.224 e. The summed E-state index contributed by atoms with van der Waals surface area (Å²) >= 11 is 5.86. The number of amides is 1. The second kappa shape index (κ2) is 6.14. The lowest BCUT2D eigenvalue weighted by Gasteiger charge is -2.21. The molecule has 1 unspecified atom stereocenters. The molecule has 1 aromatic carbocycles. The van der Waals surface area contributed by atoms with Crippen molar-refractivity contribution in [2.24, 2.45) is 5.92 Å². The van der Waals surface area contributed by atoms with Crippen molar-refractivity contribution < 1.29 is 13.2 Å². The molecular formula is C14H18ClNO3S. The van der Waals surface area contributed by atoms with Crippen LogP contribution in [-0.4, -0.2) is 25.8 Å². The van der Waals surface area contributed by atoms with Gasteiger partial charge in [0.2, 0.25) is 5.91 Å². The monoisotopic (exact) mass is 315 g/mol. The largest absolute Gasteiger partial charge is 0.326 e. The number of halogens is 1. The quantitative estimate of drug-likeness (QED) is 0.933. The van der Waals surface area contributed by atoms with Crippen LogP contribution in [0.4, 0.5) is 5.69 Å². The highest BCUT2D eigenvalue weighted by Crippen LogP contribution is 2.23. The molecule has 0 aromatic heterocycles. The number of carbonyl (C=O) groups excluding carboxylic acids is 1. The van der Waals surface area contributed by atoms with E-state index in [1.165, 1.54) is 0 Å². The molecule has 1 aliphatic rings. The Morgan fingerprint density at radius 2 is 2.20 bits per heavy atom. The van der Waals surface area contributed by atoms with E-state index in [9.17, 15) is 13.2 Å². The summed E-state index contributed by atoms with van der Waals surface area (Å²) in [6.07, 6.45) is 1.70. The highest BCUT2D eigenvalue weighted by molar-refractivity contribution is 7.91. The average Bonchev–Trinajstić information content (AvgIpc) is 2.31. The minimum atomic E-state index is -2.96. The fourth-order valence-corrected chi connectivity index (χ4v) is 4.51. The molecule has 20 heavy (non-hydrogen) atoms. The molecule has 110 valence electrons. The van der Waals surface area contributed by atoms with E-state index in [-0.39, 0.29) is 29.8 Å². The maximum absolute atomic E-state index is 12.0. The summed E-state index contributed by atoms with van der Waals surface area (Å²) in [6, 6.07) is 5.25. The Morgan fingerprint density at radius 3 is 2.85 bits per heavy atom. The summed E-state index contributed by atoms with van der Waals surface area (Å²) in [7, 11) is -2.96. The van der Waals surface area contributed by atoms with Crippen molar-refractivity contribution >= 4 is 33.0 Å². The normalized spacial score (nSPS) is 21.4. The topological polar surface area (TPSA) is 63.2 Å². The van der Waals surface area contributed by atoms with E-state index in [0.29, 0.717) is 11.4 Å². The zero-order chi connectivity index (χ0) is 14.8. The van der Waals surface area contributed by atoms with E-state index in [1.54, 1.807) is 18.2 Å². The Hall–Kier alpha value is -1.07. The first-order valence-corrected chi connectivity index (χ1v) is 8.82. The third-order valence-electron chi connectivity index (χ3n) is 3.49. The molecule has 1 atom stereocenters. The molecule has 1 amide bonds. The van der Waals surface area contributed by atoms with Gasteiger partial charge in [0.05, 0.1) is 11.5 Å². The molecule has 0 spiro atoms. The highest BCUT2D eigenvalue weighted by Gasteiger charge is 2.26. The van der Waals surface area contributed by atoms with Crippen molar-refractivity contribution in [2.45, 2.75) is 26.2 Å². The lowest BCUT2D eigenvalue weighted by Crippen LogP contribution is -2.28. The number of rotatable bonds is 3. The molecule has 0 saturated carbocycles. The van der Waals surface area contributed by atoms with Gasteiger partial charge in [0.15, 0.2) is 9.84 Å². The highest BCUT2D eigenvalue weighted by atomic mass is 35.5. The van der Waals surface area contributed by atoms with Crippen molar-refractivity contribution in [3.05, 3.63) is 28.8 Å². The van der Waals surface area contributed by atoms with Crippen molar-refractivity contribution in [2.75, 3.05) is 16.8 Å². The number of sulfone groups is 1. The predicted octanol–water partition coefficient (Wildman–Crippen LogP) is 2.80. The van der Waals surface area contributed by atoms with Crippen molar-refractivity contribution in [1.82, 2.24) is 0 Å². The molecule has 1 saturated heterocycles. The fourth-order valence-electron chi connectivity index (χ4n) is 2.51. The van der Waals surface area contributed by atoms with Crippen LogP contribution in [0.1, 0.15) is 24.8 Å². The smallest absolute Gasteiger partial charge is 0.224 e. The zero-order valence-electron chi connectivity index (χ0n) is 11.4. The Kier molecular flexibility index (Phi) is 4.70. The number of aryl methyl sites for hydroxylation is 1. The first-order valence-electron chi connectivity index (χ1n) is 6.62. The van der Waals surface area contributed by atoms with Gasteiger partial charge in [-0.2, -0.15) is 0 Å². The molecule has 1 fully saturated rings. The van der Waals surface area contributed by atoms with E-state index in [1.807, 2.05) is 6.92 Å². The first-order chi connectivity index (χ1) is 9.35. The molecule has 0 bridgehead atoms. The standard InChI is InChI=1S/C14H18ClNO3S/c1-10-7-12(15)4-5-13(10)16-14(17)8-11-3-2-6-20(18,19)9-11/h4-5,7,11H,2-3,6,8-9H2,1H3,(H,16,17). The third-order valence-corrected chi connectivity index (χ3v) is 5.62. The van der Waals surface area contributed by atoms with Gasteiger partial charge in [0.1, 0.15) is 0 Å². The van der Waals surface area contributed by atoms with E-state index in [2.05, 4.69) is 5.32 Å². The Morgan fingerprint density at radius 1 is 1.45 bits per heavy atom. The van der Waals surface area contributed by atoms with Crippen LogP contribution >= 0.6 is 11.6 Å². The zero-order valence-corrected chi connectivity index (χ0v) is 12.9. The summed E-state index contributed by atoms with van der Waals surface area (Å²) in [5, 5.41) is 3.44. The molecule has 2 rings (SSSR count). The van der Waals surface area contributed by atoms with Gasteiger partial charge in [-0.15, -0.1) is 0 Å². The molecule has 1 aliphatic heterocycles. The second-order valence-corrected chi connectivity index (χ2v) is 8.00. The lowest BCUT2D eigenvalue weighted by molar-refractivity contribution is -0.117. The maximum atomic E-state index is 12.0. The molecule has 1 aromatic rings. The molecule has 0 aliphatic carbocycles. The number of nitrogens with one attached hydrogen (secondary N) is 1. The molecular weight excluding hydrogens is 298 g/mol. The van der Waals surface area contributed by atoms with E-state index >= 15 is 0 Å². The number of hydrogen-bond acceptors (Lipinski definition) is 3. The number of hydrogen-bond donors (Lipinski definition) is 1. The number of anilines is 1. The predicted molar refractivity (Wildman–Crippen MR) is 80.8 cm³/mol. The van der Waals surface area contributed by atoms with Gasteiger partial charge in [-0.3, -0.25) is 4.79 Å². The van der Waals surface area contributed by atoms with Crippen LogP contribution in [0.5, 0.6) is 0 Å². The van der Waals surface area contributed by atoms with Crippen molar-refractivity contribution in [3.63, 3.8) is 0 Å². The molecule has 6 heteroatoms.